The number of hydrogen-bond donors (Lipinski definition) is 0. The second-order valence-corrected chi connectivity index (χ2v) is 9.03. The molecule has 3 heteroatoms. The van der Waals surface area contributed by atoms with Crippen LogP contribution in [0.5, 0.6) is 0 Å². The SMILES string of the molecule is c1ccc(-c2ccc(Cc3ccc(-c4ncc5sc6ccccc6c5n4)cc3)cc2)cc1. The molecule has 0 saturated heterocycles. The standard InChI is InChI=1S/C29H20N2S/c1-2-6-22(7-3-1)23-14-10-20(11-15-23)18-21-12-16-24(17-13-21)29-30-19-27-28(31-29)25-8-4-5-9-26(25)32-27/h1-17,19H,18H2. The van der Waals surface area contributed by atoms with Gasteiger partial charge in [0.25, 0.3) is 0 Å². The molecule has 0 unspecified atom stereocenters. The van der Waals surface area contributed by atoms with E-state index in [2.05, 4.69) is 102 Å². The first kappa shape index (κ1) is 18.9. The Labute approximate surface area is 190 Å². The van der Waals surface area contributed by atoms with E-state index in [0.29, 0.717) is 0 Å². The summed E-state index contributed by atoms with van der Waals surface area (Å²) in [6.45, 7) is 0. The van der Waals surface area contributed by atoms with Gasteiger partial charge in [0.1, 0.15) is 0 Å². The van der Waals surface area contributed by atoms with Crippen LogP contribution < -0.4 is 0 Å². The largest absolute Gasteiger partial charge is 0.235 e. The second-order valence-electron chi connectivity index (χ2n) is 7.94. The lowest BCUT2D eigenvalue weighted by atomic mass is 10.00. The Morgan fingerprint density at radius 1 is 0.562 bits per heavy atom. The van der Waals surface area contributed by atoms with E-state index < -0.39 is 0 Å². The monoisotopic (exact) mass is 428 g/mol. The van der Waals surface area contributed by atoms with Gasteiger partial charge in [-0.25, -0.2) is 9.97 Å². The summed E-state index contributed by atoms with van der Waals surface area (Å²) in [7, 11) is 0. The summed E-state index contributed by atoms with van der Waals surface area (Å²) in [4.78, 5) is 9.51. The van der Waals surface area contributed by atoms with Gasteiger partial charge >= 0.3 is 0 Å². The quantitative estimate of drug-likeness (QED) is 0.287. The molecule has 6 aromatic rings. The molecule has 0 amide bonds. The number of aromatic nitrogens is 2. The number of hydrogen-bond acceptors (Lipinski definition) is 3. The molecule has 0 spiro atoms. The van der Waals surface area contributed by atoms with E-state index in [1.807, 2.05) is 12.3 Å². The van der Waals surface area contributed by atoms with Crippen LogP contribution >= 0.6 is 11.3 Å². The minimum Gasteiger partial charge on any atom is -0.235 e. The maximum Gasteiger partial charge on any atom is 0.159 e. The first-order chi connectivity index (χ1) is 15.8. The molecule has 2 nitrogen and oxygen atoms in total. The Hall–Kier alpha value is -3.82. The summed E-state index contributed by atoms with van der Waals surface area (Å²) < 4.78 is 2.38. The third-order valence-electron chi connectivity index (χ3n) is 5.80. The molecule has 0 N–H and O–H groups in total. The maximum atomic E-state index is 4.89. The van der Waals surface area contributed by atoms with Crippen molar-refractivity contribution in [1.82, 2.24) is 9.97 Å². The molecule has 0 fully saturated rings. The zero-order valence-corrected chi connectivity index (χ0v) is 18.2. The lowest BCUT2D eigenvalue weighted by molar-refractivity contribution is 1.18. The van der Waals surface area contributed by atoms with Gasteiger partial charge in [0, 0.05) is 21.8 Å². The molecule has 0 bridgehead atoms. The lowest BCUT2D eigenvalue weighted by Crippen LogP contribution is -1.91. The Morgan fingerprint density at radius 2 is 1.19 bits per heavy atom. The van der Waals surface area contributed by atoms with Crippen LogP contribution in [0.1, 0.15) is 11.1 Å². The molecule has 6 rings (SSSR count). The second kappa shape index (κ2) is 8.03. The molecular formula is C29H20N2S. The highest BCUT2D eigenvalue weighted by Crippen LogP contribution is 2.33. The van der Waals surface area contributed by atoms with Crippen LogP contribution in [0.15, 0.2) is 109 Å². The Balaban J connectivity index is 1.24. The van der Waals surface area contributed by atoms with Gasteiger partial charge < -0.3 is 0 Å². The predicted molar refractivity (Wildman–Crippen MR) is 135 cm³/mol. The van der Waals surface area contributed by atoms with E-state index in [1.165, 1.54) is 32.3 Å². The molecule has 4 aromatic carbocycles. The molecule has 2 aromatic heterocycles. The number of benzene rings is 4. The van der Waals surface area contributed by atoms with Crippen molar-refractivity contribution < 1.29 is 0 Å². The van der Waals surface area contributed by atoms with Crippen LogP contribution in [-0.4, -0.2) is 9.97 Å². The van der Waals surface area contributed by atoms with Gasteiger partial charge in [-0.1, -0.05) is 97.1 Å². The normalized spacial score (nSPS) is 11.2. The van der Waals surface area contributed by atoms with Crippen molar-refractivity contribution in [2.45, 2.75) is 6.42 Å². The zero-order valence-electron chi connectivity index (χ0n) is 17.4. The van der Waals surface area contributed by atoms with Gasteiger partial charge in [0.05, 0.1) is 10.2 Å². The number of fused-ring (bicyclic) bond motifs is 3. The van der Waals surface area contributed by atoms with E-state index in [0.717, 1.165) is 28.0 Å². The minimum absolute atomic E-state index is 0.778. The van der Waals surface area contributed by atoms with Gasteiger partial charge in [0.15, 0.2) is 5.82 Å². The Bertz CT molecular complexity index is 1520. The van der Waals surface area contributed by atoms with Gasteiger partial charge in [-0.3, -0.25) is 0 Å². The van der Waals surface area contributed by atoms with Crippen molar-refractivity contribution in [1.29, 1.82) is 0 Å². The number of rotatable bonds is 4. The highest BCUT2D eigenvalue weighted by Gasteiger charge is 2.09. The van der Waals surface area contributed by atoms with E-state index in [9.17, 15) is 0 Å². The minimum atomic E-state index is 0.778. The highest BCUT2D eigenvalue weighted by atomic mass is 32.1. The third kappa shape index (κ3) is 3.57. The molecule has 0 radical (unpaired) electrons. The van der Waals surface area contributed by atoms with Crippen molar-refractivity contribution in [2.24, 2.45) is 0 Å². The van der Waals surface area contributed by atoms with E-state index in [1.54, 1.807) is 11.3 Å². The summed E-state index contributed by atoms with van der Waals surface area (Å²) >= 11 is 1.74. The fourth-order valence-electron chi connectivity index (χ4n) is 4.10. The molecule has 0 aliphatic carbocycles. The summed E-state index contributed by atoms with van der Waals surface area (Å²) in [6.07, 6.45) is 2.86. The lowest BCUT2D eigenvalue weighted by Gasteiger charge is -2.06. The van der Waals surface area contributed by atoms with Crippen LogP contribution in [0.25, 0.3) is 42.8 Å². The first-order valence-electron chi connectivity index (χ1n) is 10.7. The number of thiophene rings is 1. The maximum absolute atomic E-state index is 4.89. The number of nitrogens with zero attached hydrogens (tertiary/aromatic N) is 2. The summed E-state index contributed by atoms with van der Waals surface area (Å²) in [6, 6.07) is 36.4. The Morgan fingerprint density at radius 3 is 1.94 bits per heavy atom. The fourth-order valence-corrected chi connectivity index (χ4v) is 5.12. The predicted octanol–water partition coefficient (Wildman–Crippen LogP) is 7.77. The molecule has 32 heavy (non-hydrogen) atoms. The summed E-state index contributed by atoms with van der Waals surface area (Å²) in [5, 5.41) is 1.20. The average molecular weight is 429 g/mol. The average Bonchev–Trinajstić information content (AvgIpc) is 3.24. The fraction of sp³-hybridized carbons (Fsp3) is 0.0345. The van der Waals surface area contributed by atoms with Gasteiger partial charge in [-0.15, -0.1) is 11.3 Å². The van der Waals surface area contributed by atoms with Gasteiger partial charge in [0.2, 0.25) is 0 Å². The topological polar surface area (TPSA) is 25.8 Å². The first-order valence-corrected chi connectivity index (χ1v) is 11.5. The molecular weight excluding hydrogens is 408 g/mol. The van der Waals surface area contributed by atoms with Crippen molar-refractivity contribution in [2.75, 3.05) is 0 Å². The van der Waals surface area contributed by atoms with Crippen molar-refractivity contribution in [3.8, 4) is 22.5 Å². The van der Waals surface area contributed by atoms with Gasteiger partial charge in [-0.05, 0) is 34.7 Å². The van der Waals surface area contributed by atoms with Crippen molar-refractivity contribution in [3.63, 3.8) is 0 Å². The van der Waals surface area contributed by atoms with E-state index in [4.69, 9.17) is 4.98 Å². The molecule has 0 saturated carbocycles. The van der Waals surface area contributed by atoms with Crippen molar-refractivity contribution >= 4 is 31.6 Å². The van der Waals surface area contributed by atoms with Crippen LogP contribution in [0.3, 0.4) is 0 Å². The zero-order chi connectivity index (χ0) is 21.3. The molecule has 0 atom stereocenters. The van der Waals surface area contributed by atoms with E-state index in [-0.39, 0.29) is 0 Å². The van der Waals surface area contributed by atoms with E-state index >= 15 is 0 Å². The Kier molecular flexibility index (Phi) is 4.74. The molecule has 0 aliphatic heterocycles. The highest BCUT2D eigenvalue weighted by molar-refractivity contribution is 7.25. The summed E-state index contributed by atoms with van der Waals surface area (Å²) in [5.74, 6) is 0.778. The van der Waals surface area contributed by atoms with Crippen LogP contribution in [0, 0.1) is 0 Å². The van der Waals surface area contributed by atoms with Gasteiger partial charge in [-0.2, -0.15) is 0 Å². The third-order valence-corrected chi connectivity index (χ3v) is 6.89. The molecule has 2 heterocycles. The van der Waals surface area contributed by atoms with Crippen LogP contribution in [0.2, 0.25) is 0 Å². The van der Waals surface area contributed by atoms with Crippen LogP contribution in [0.4, 0.5) is 0 Å². The van der Waals surface area contributed by atoms with Crippen molar-refractivity contribution in [3.05, 3.63) is 120 Å². The molecule has 152 valence electrons. The van der Waals surface area contributed by atoms with Crippen LogP contribution in [-0.2, 0) is 6.42 Å². The molecule has 0 aliphatic rings. The smallest absolute Gasteiger partial charge is 0.159 e. The summed E-state index contributed by atoms with van der Waals surface area (Å²) in [5.41, 5.74) is 7.17.